The average molecular weight is 573 g/mol. The first-order valence-corrected chi connectivity index (χ1v) is 16.3. The molecule has 0 heterocycles. The molecule has 226 valence electrons. The smallest absolute Gasteiger partial charge is 0.462 e. The normalized spacial score (nSPS) is 13.0. The maximum absolute atomic E-state index is 12.2. The van der Waals surface area contributed by atoms with E-state index in [-0.39, 0.29) is 19.4 Å². The number of carbonyl (C=O) groups is 2. The van der Waals surface area contributed by atoms with Gasteiger partial charge in [0.1, 0.15) is 6.61 Å². The number of carbonyl (C=O) groups excluding carboxylic acids is 2. The highest BCUT2D eigenvalue weighted by molar-refractivity contribution is 7.46. The summed E-state index contributed by atoms with van der Waals surface area (Å²) in [5, 5.41) is 0. The van der Waals surface area contributed by atoms with E-state index < -0.39 is 32.5 Å². The fraction of sp³-hybridized carbons (Fsp3) is 0.733. The maximum atomic E-state index is 12.2. The molecule has 0 fully saturated rings. The van der Waals surface area contributed by atoms with Gasteiger partial charge in [0.05, 0.1) is 6.61 Å². The van der Waals surface area contributed by atoms with Crippen molar-refractivity contribution in [1.29, 1.82) is 0 Å². The van der Waals surface area contributed by atoms with Crippen molar-refractivity contribution in [3.8, 4) is 0 Å². The van der Waals surface area contributed by atoms with E-state index in [1.54, 1.807) is 0 Å². The third-order valence-corrected chi connectivity index (χ3v) is 6.39. The fourth-order valence-corrected chi connectivity index (χ4v) is 4.04. The first-order valence-electron chi connectivity index (χ1n) is 14.8. The Morgan fingerprint density at radius 2 is 1.15 bits per heavy atom. The van der Waals surface area contributed by atoms with E-state index in [9.17, 15) is 14.2 Å². The van der Waals surface area contributed by atoms with E-state index in [1.165, 1.54) is 57.8 Å². The number of phosphoric ester groups is 1. The maximum Gasteiger partial charge on any atom is 0.469 e. The van der Waals surface area contributed by atoms with Crippen LogP contribution in [0.25, 0.3) is 0 Å². The predicted molar refractivity (Wildman–Crippen MR) is 156 cm³/mol. The van der Waals surface area contributed by atoms with Crippen LogP contribution in [-0.4, -0.2) is 41.0 Å². The molecule has 0 aliphatic carbocycles. The number of rotatable bonds is 26. The van der Waals surface area contributed by atoms with E-state index in [0.29, 0.717) is 12.8 Å². The van der Waals surface area contributed by atoms with Crippen molar-refractivity contribution in [3.05, 3.63) is 36.5 Å². The van der Waals surface area contributed by atoms with E-state index in [2.05, 4.69) is 36.6 Å². The fourth-order valence-electron chi connectivity index (χ4n) is 3.68. The van der Waals surface area contributed by atoms with Gasteiger partial charge in [-0.05, 0) is 44.9 Å². The number of ether oxygens (including phenoxy) is 2. The molecule has 0 aliphatic rings. The van der Waals surface area contributed by atoms with Crippen LogP contribution in [0, 0.1) is 0 Å². The molecular weight excluding hydrogens is 519 g/mol. The number of esters is 2. The molecule has 0 aromatic heterocycles. The Kier molecular flexibility index (Phi) is 25.3. The predicted octanol–water partition coefficient (Wildman–Crippen LogP) is 7.89. The molecule has 0 amide bonds. The summed E-state index contributed by atoms with van der Waals surface area (Å²) in [4.78, 5) is 42.1. The van der Waals surface area contributed by atoms with Crippen molar-refractivity contribution in [2.75, 3.05) is 13.2 Å². The number of phosphoric acid groups is 1. The third kappa shape index (κ3) is 29.1. The topological polar surface area (TPSA) is 119 Å². The van der Waals surface area contributed by atoms with Gasteiger partial charge in [-0.25, -0.2) is 4.57 Å². The lowest BCUT2D eigenvalue weighted by Gasteiger charge is -2.18. The first-order chi connectivity index (χ1) is 18.8. The lowest BCUT2D eigenvalue weighted by atomic mass is 10.1. The zero-order valence-corrected chi connectivity index (χ0v) is 25.2. The van der Waals surface area contributed by atoms with Crippen LogP contribution in [0.5, 0.6) is 0 Å². The average Bonchev–Trinajstić information content (AvgIpc) is 2.89. The van der Waals surface area contributed by atoms with Gasteiger partial charge in [-0.3, -0.25) is 14.1 Å². The summed E-state index contributed by atoms with van der Waals surface area (Å²) >= 11 is 0. The first kappa shape index (κ1) is 37.3. The van der Waals surface area contributed by atoms with Crippen LogP contribution >= 0.6 is 7.82 Å². The van der Waals surface area contributed by atoms with Crippen molar-refractivity contribution in [3.63, 3.8) is 0 Å². The lowest BCUT2D eigenvalue weighted by molar-refractivity contribution is -0.161. The Hall–Kier alpha value is -1.73. The molecule has 1 atom stereocenters. The highest BCUT2D eigenvalue weighted by Crippen LogP contribution is 2.35. The van der Waals surface area contributed by atoms with Crippen LogP contribution < -0.4 is 0 Å². The number of hydrogen-bond acceptors (Lipinski definition) is 6. The second-order valence-corrected chi connectivity index (χ2v) is 11.0. The van der Waals surface area contributed by atoms with Crippen LogP contribution in [0.1, 0.15) is 123 Å². The largest absolute Gasteiger partial charge is 0.469 e. The summed E-state index contributed by atoms with van der Waals surface area (Å²) < 4.78 is 25.9. The molecule has 0 bridgehead atoms. The molecule has 0 rings (SSSR count). The molecular formula is C30H53O8P. The van der Waals surface area contributed by atoms with Gasteiger partial charge in [-0.2, -0.15) is 0 Å². The van der Waals surface area contributed by atoms with E-state index in [1.807, 2.05) is 18.2 Å². The minimum Gasteiger partial charge on any atom is -0.462 e. The molecule has 0 saturated carbocycles. The summed E-state index contributed by atoms with van der Waals surface area (Å²) in [6.45, 7) is 3.49. The van der Waals surface area contributed by atoms with Gasteiger partial charge >= 0.3 is 19.8 Å². The number of unbranched alkanes of at least 4 members (excludes halogenated alkanes) is 10. The van der Waals surface area contributed by atoms with Gasteiger partial charge in [0.25, 0.3) is 0 Å². The van der Waals surface area contributed by atoms with Crippen LogP contribution in [0.15, 0.2) is 36.5 Å². The Morgan fingerprint density at radius 1 is 0.667 bits per heavy atom. The molecule has 0 radical (unpaired) electrons. The molecule has 0 saturated heterocycles. The van der Waals surface area contributed by atoms with Gasteiger partial charge in [0.2, 0.25) is 0 Å². The van der Waals surface area contributed by atoms with E-state index in [4.69, 9.17) is 19.3 Å². The molecule has 0 aliphatic heterocycles. The summed E-state index contributed by atoms with van der Waals surface area (Å²) in [6.07, 6.45) is 27.7. The second-order valence-electron chi connectivity index (χ2n) is 9.71. The molecule has 0 spiro atoms. The van der Waals surface area contributed by atoms with Crippen molar-refractivity contribution in [2.45, 2.75) is 129 Å². The van der Waals surface area contributed by atoms with Gasteiger partial charge in [-0.15, -0.1) is 0 Å². The van der Waals surface area contributed by atoms with Crippen LogP contribution in [0.4, 0.5) is 0 Å². The molecule has 9 heteroatoms. The van der Waals surface area contributed by atoms with Crippen molar-refractivity contribution >= 4 is 19.8 Å². The molecule has 2 N–H and O–H groups in total. The minimum absolute atomic E-state index is 0.0986. The lowest BCUT2D eigenvalue weighted by Crippen LogP contribution is -2.29. The van der Waals surface area contributed by atoms with Crippen molar-refractivity contribution in [1.82, 2.24) is 0 Å². The molecule has 39 heavy (non-hydrogen) atoms. The van der Waals surface area contributed by atoms with Gasteiger partial charge in [-0.1, -0.05) is 102 Å². The standard InChI is InChI=1S/C30H53O8P/c1-3-5-7-9-11-13-14-15-16-17-19-21-23-25-30(32)38-28(27-37-39(33,34)35)26-36-29(31)24-22-20-18-12-10-8-6-4-2/h15-16,18-21,28H,3-14,17,22-27H2,1-2H3,(H2,33,34,35)/b16-15+,20-18+,21-19+. The van der Waals surface area contributed by atoms with Gasteiger partial charge < -0.3 is 19.3 Å². The Bertz CT molecular complexity index is 741. The van der Waals surface area contributed by atoms with Crippen LogP contribution in [0.3, 0.4) is 0 Å². The Balaban J connectivity index is 4.22. The quantitative estimate of drug-likeness (QED) is 0.0465. The highest BCUT2D eigenvalue weighted by atomic mass is 31.2. The van der Waals surface area contributed by atoms with Gasteiger partial charge in [0.15, 0.2) is 6.10 Å². The number of allylic oxidation sites excluding steroid dienone is 6. The molecule has 8 nitrogen and oxygen atoms in total. The van der Waals surface area contributed by atoms with Crippen LogP contribution in [0.2, 0.25) is 0 Å². The third-order valence-electron chi connectivity index (χ3n) is 5.91. The summed E-state index contributed by atoms with van der Waals surface area (Å²) in [5.41, 5.74) is 0. The molecule has 0 aromatic carbocycles. The Labute approximate surface area is 236 Å². The highest BCUT2D eigenvalue weighted by Gasteiger charge is 2.22. The zero-order chi connectivity index (χ0) is 29.0. The van der Waals surface area contributed by atoms with E-state index in [0.717, 1.165) is 25.7 Å². The van der Waals surface area contributed by atoms with Crippen LogP contribution in [-0.2, 0) is 28.2 Å². The zero-order valence-electron chi connectivity index (χ0n) is 24.3. The molecule has 1 unspecified atom stereocenters. The minimum atomic E-state index is -4.76. The number of hydrogen-bond donors (Lipinski definition) is 2. The summed E-state index contributed by atoms with van der Waals surface area (Å²) in [7, 11) is -4.76. The van der Waals surface area contributed by atoms with Crippen molar-refractivity contribution in [2.24, 2.45) is 0 Å². The van der Waals surface area contributed by atoms with Gasteiger partial charge in [0, 0.05) is 12.8 Å². The van der Waals surface area contributed by atoms with E-state index >= 15 is 0 Å². The summed E-state index contributed by atoms with van der Waals surface area (Å²) in [6, 6.07) is 0. The van der Waals surface area contributed by atoms with Crippen molar-refractivity contribution < 1.29 is 37.9 Å². The SMILES string of the molecule is CCCCCC/C=C/CCC(=O)OCC(COP(=O)(O)O)OC(=O)CC/C=C/C/C=C/CCCCCCCC. The summed E-state index contributed by atoms with van der Waals surface area (Å²) in [5.74, 6) is -1.03. The second kappa shape index (κ2) is 26.5. The Morgan fingerprint density at radius 3 is 1.77 bits per heavy atom. The molecule has 0 aromatic rings. The monoisotopic (exact) mass is 572 g/mol.